The topological polar surface area (TPSA) is 51.0 Å². The molecule has 1 unspecified atom stereocenters. The van der Waals surface area contributed by atoms with Gasteiger partial charge in [-0.1, -0.05) is 66.7 Å². The Kier molecular flexibility index (Phi) is 8.33. The zero-order valence-corrected chi connectivity index (χ0v) is 31.8. The van der Waals surface area contributed by atoms with Crippen molar-refractivity contribution in [1.29, 1.82) is 0 Å². The van der Waals surface area contributed by atoms with Gasteiger partial charge in [0, 0.05) is 59.0 Å². The van der Waals surface area contributed by atoms with Gasteiger partial charge >= 0.3 is 5.97 Å². The van der Waals surface area contributed by atoms with Gasteiger partial charge < -0.3 is 4.74 Å². The third-order valence-electron chi connectivity index (χ3n) is 10.7. The molecule has 5 aromatic carbocycles. The maximum absolute atomic E-state index is 13.2. The van der Waals surface area contributed by atoms with Crippen LogP contribution < -0.4 is 0 Å². The quantitative estimate of drug-likeness (QED) is 0.121. The fourth-order valence-electron chi connectivity index (χ4n) is 8.36. The number of esters is 1. The van der Waals surface area contributed by atoms with E-state index in [0.29, 0.717) is 5.56 Å². The Hall–Kier alpha value is -5.43. The molecule has 0 saturated heterocycles. The van der Waals surface area contributed by atoms with Gasteiger partial charge in [0.2, 0.25) is 0 Å². The molecule has 2 aliphatic rings. The Morgan fingerprint density at radius 3 is 1.91 bits per heavy atom. The van der Waals surface area contributed by atoms with Gasteiger partial charge in [-0.25, -0.2) is 4.79 Å². The lowest BCUT2D eigenvalue weighted by molar-refractivity contribution is 0.0251. The molecule has 4 nitrogen and oxygen atoms in total. The number of cyclic esters (lactones) is 1. The van der Waals surface area contributed by atoms with Crippen LogP contribution >= 0.6 is 22.7 Å². The smallest absolute Gasteiger partial charge is 0.340 e. The molecule has 0 amide bonds. The summed E-state index contributed by atoms with van der Waals surface area (Å²) in [7, 11) is 0. The zero-order valence-electron chi connectivity index (χ0n) is 30.2. The van der Waals surface area contributed by atoms with Crippen molar-refractivity contribution in [3.63, 3.8) is 0 Å². The molecule has 1 aliphatic heterocycles. The average Bonchev–Trinajstić information content (AvgIpc) is 3.92. The Bertz CT molecular complexity index is 2670. The highest BCUT2D eigenvalue weighted by atomic mass is 32.1. The average molecular weight is 727 g/mol. The molecule has 53 heavy (non-hydrogen) atoms. The second kappa shape index (κ2) is 13.2. The van der Waals surface area contributed by atoms with Crippen LogP contribution in [0, 0.1) is 20.8 Å². The normalized spacial score (nSPS) is 17.2. The number of carbonyl (C=O) groups excluding carboxylic acids is 1. The minimum atomic E-state index is -1.06. The maximum Gasteiger partial charge on any atom is 0.340 e. The number of allylic oxidation sites excluding steroid dienone is 2. The third-order valence-corrected chi connectivity index (χ3v) is 12.8. The van der Waals surface area contributed by atoms with Gasteiger partial charge in [0.15, 0.2) is 5.60 Å². The highest BCUT2D eigenvalue weighted by molar-refractivity contribution is 7.19. The van der Waals surface area contributed by atoms with Crippen molar-refractivity contribution in [2.75, 3.05) is 0 Å². The second-order valence-corrected chi connectivity index (χ2v) is 16.5. The van der Waals surface area contributed by atoms with Crippen LogP contribution in [0.4, 0.5) is 11.4 Å². The molecule has 7 aromatic rings. The highest BCUT2D eigenvalue weighted by Crippen LogP contribution is 2.50. The van der Waals surface area contributed by atoms with Crippen molar-refractivity contribution in [2.24, 2.45) is 9.98 Å². The summed E-state index contributed by atoms with van der Waals surface area (Å²) in [4.78, 5) is 25.3. The van der Waals surface area contributed by atoms with E-state index >= 15 is 0 Å². The first-order valence-electron chi connectivity index (χ1n) is 18.2. The van der Waals surface area contributed by atoms with Crippen LogP contribution in [-0.2, 0) is 10.3 Å². The molecule has 6 heteroatoms. The highest BCUT2D eigenvalue weighted by Gasteiger charge is 2.48. The first-order chi connectivity index (χ1) is 25.8. The Labute approximate surface area is 317 Å². The standard InChI is InChI=1S/C47H38N2O2S2/c1-5-48-34-19-15-32(16-20-34)47(41-12-7-6-9-38(41)46(50)51-47)33-17-21-35(22-18-33)49-27-31-14-24-40-43(26-31)53-30(4)45(40)37-11-8-10-36(37)44-29(3)52-42-25-28(2)13-23-39(42)44/h5-7,9,12-27H,8,10-11H2,1-4H3. The summed E-state index contributed by atoms with van der Waals surface area (Å²) in [6.45, 7) is 8.64. The SMILES string of the molecule is CC=Nc1ccc(C2(c3ccc(N=Cc4ccc5c(C6=C(c7c(C)sc8cc(C)ccc78)CCC6)c(C)sc5c4)cc3)OC(=O)c3ccccc32)cc1. The van der Waals surface area contributed by atoms with Gasteiger partial charge in [0.05, 0.1) is 16.9 Å². The molecule has 0 bridgehead atoms. The van der Waals surface area contributed by atoms with Gasteiger partial charge in [-0.05, 0) is 123 Å². The Morgan fingerprint density at radius 2 is 1.26 bits per heavy atom. The van der Waals surface area contributed by atoms with E-state index in [9.17, 15) is 4.79 Å². The van der Waals surface area contributed by atoms with Crippen molar-refractivity contribution in [3.05, 3.63) is 163 Å². The fourth-order valence-corrected chi connectivity index (χ4v) is 10.7. The van der Waals surface area contributed by atoms with Crippen molar-refractivity contribution in [3.8, 4) is 0 Å². The van der Waals surface area contributed by atoms with Crippen molar-refractivity contribution in [1.82, 2.24) is 0 Å². The number of hydrogen-bond donors (Lipinski definition) is 0. The summed E-state index contributed by atoms with van der Waals surface area (Å²) >= 11 is 3.81. The van der Waals surface area contributed by atoms with Crippen LogP contribution in [-0.4, -0.2) is 18.4 Å². The van der Waals surface area contributed by atoms with E-state index in [1.165, 1.54) is 64.2 Å². The molecular weight excluding hydrogens is 689 g/mol. The van der Waals surface area contributed by atoms with E-state index < -0.39 is 5.60 Å². The van der Waals surface area contributed by atoms with Crippen LogP contribution in [0.25, 0.3) is 31.3 Å². The number of benzene rings is 5. The van der Waals surface area contributed by atoms with E-state index in [0.717, 1.165) is 46.5 Å². The van der Waals surface area contributed by atoms with Gasteiger partial charge in [-0.15, -0.1) is 22.7 Å². The number of fused-ring (bicyclic) bond motifs is 3. The molecule has 0 spiro atoms. The lowest BCUT2D eigenvalue weighted by Gasteiger charge is -2.30. The molecular formula is C47H38N2O2S2. The molecule has 9 rings (SSSR count). The van der Waals surface area contributed by atoms with Crippen LogP contribution in [0.2, 0.25) is 0 Å². The number of ether oxygens (including phenoxy) is 1. The van der Waals surface area contributed by atoms with E-state index in [2.05, 4.69) is 62.2 Å². The molecule has 260 valence electrons. The van der Waals surface area contributed by atoms with Gasteiger partial charge in [-0.2, -0.15) is 0 Å². The molecule has 2 aromatic heterocycles. The first kappa shape index (κ1) is 33.4. The summed E-state index contributed by atoms with van der Waals surface area (Å²) in [5.74, 6) is -0.327. The number of thiophene rings is 2. The van der Waals surface area contributed by atoms with Crippen molar-refractivity contribution >= 4 is 83.8 Å². The van der Waals surface area contributed by atoms with Gasteiger partial charge in [0.1, 0.15) is 0 Å². The summed E-state index contributed by atoms with van der Waals surface area (Å²) in [5.41, 5.74) is 12.1. The van der Waals surface area contributed by atoms with Crippen LogP contribution in [0.3, 0.4) is 0 Å². The minimum absolute atomic E-state index is 0.327. The zero-order chi connectivity index (χ0) is 36.3. The van der Waals surface area contributed by atoms with Crippen LogP contribution in [0.5, 0.6) is 0 Å². The molecule has 1 aliphatic carbocycles. The summed E-state index contributed by atoms with van der Waals surface area (Å²) in [6, 6.07) is 37.2. The number of hydrogen-bond acceptors (Lipinski definition) is 6. The molecule has 0 fully saturated rings. The van der Waals surface area contributed by atoms with E-state index in [-0.39, 0.29) is 5.97 Å². The summed E-state index contributed by atoms with van der Waals surface area (Å²) in [5, 5.41) is 2.74. The predicted molar refractivity (Wildman–Crippen MR) is 224 cm³/mol. The first-order valence-corrected chi connectivity index (χ1v) is 19.8. The number of nitrogens with zero attached hydrogens (tertiary/aromatic N) is 2. The Balaban J connectivity index is 1.03. The molecule has 0 radical (unpaired) electrons. The lowest BCUT2D eigenvalue weighted by atomic mass is 9.80. The van der Waals surface area contributed by atoms with Crippen LogP contribution in [0.15, 0.2) is 119 Å². The van der Waals surface area contributed by atoms with Gasteiger partial charge in [-0.3, -0.25) is 9.98 Å². The van der Waals surface area contributed by atoms with E-state index in [1.807, 2.05) is 109 Å². The second-order valence-electron chi connectivity index (χ2n) is 14.0. The maximum atomic E-state index is 13.2. The summed E-state index contributed by atoms with van der Waals surface area (Å²) < 4.78 is 8.97. The summed E-state index contributed by atoms with van der Waals surface area (Å²) in [6.07, 6.45) is 7.16. The monoisotopic (exact) mass is 726 g/mol. The largest absolute Gasteiger partial charge is 0.441 e. The number of aliphatic imine (C=N–C) groups is 2. The molecule has 1 atom stereocenters. The molecule has 3 heterocycles. The van der Waals surface area contributed by atoms with Crippen molar-refractivity contribution in [2.45, 2.75) is 52.6 Å². The fraction of sp³-hybridized carbons (Fsp3) is 0.170. The van der Waals surface area contributed by atoms with E-state index in [1.54, 1.807) is 6.21 Å². The Morgan fingerprint density at radius 1 is 0.679 bits per heavy atom. The van der Waals surface area contributed by atoms with E-state index in [4.69, 9.17) is 9.73 Å². The lowest BCUT2D eigenvalue weighted by Crippen LogP contribution is -2.29. The molecule has 0 saturated carbocycles. The molecule has 0 N–H and O–H groups in total. The predicted octanol–water partition coefficient (Wildman–Crippen LogP) is 13.1. The van der Waals surface area contributed by atoms with Crippen molar-refractivity contribution < 1.29 is 9.53 Å². The minimum Gasteiger partial charge on any atom is -0.441 e. The van der Waals surface area contributed by atoms with Gasteiger partial charge in [0.25, 0.3) is 0 Å². The number of aryl methyl sites for hydroxylation is 3. The number of rotatable bonds is 7. The van der Waals surface area contributed by atoms with Crippen LogP contribution in [0.1, 0.15) is 85.2 Å². The number of carbonyl (C=O) groups is 1. The third kappa shape index (κ3) is 5.60.